The van der Waals surface area contributed by atoms with Gasteiger partial charge in [0.15, 0.2) is 0 Å². The van der Waals surface area contributed by atoms with Crippen molar-refractivity contribution in [2.45, 2.75) is 43.5 Å². The first-order valence-corrected chi connectivity index (χ1v) is 9.00. The van der Waals surface area contributed by atoms with Crippen LogP contribution < -0.4 is 5.32 Å². The maximum absolute atomic E-state index is 4.65. The first-order chi connectivity index (χ1) is 10.3. The van der Waals surface area contributed by atoms with Crippen LogP contribution in [0, 0.1) is 0 Å². The van der Waals surface area contributed by atoms with E-state index in [4.69, 9.17) is 0 Å². The predicted octanol–water partition coefficient (Wildman–Crippen LogP) is 3.64. The minimum absolute atomic E-state index is 0.662. The van der Waals surface area contributed by atoms with Crippen molar-refractivity contribution in [2.24, 2.45) is 0 Å². The highest BCUT2D eigenvalue weighted by Gasteiger charge is 2.19. The van der Waals surface area contributed by atoms with E-state index in [1.165, 1.54) is 25.7 Å². The quantitative estimate of drug-likeness (QED) is 0.914. The van der Waals surface area contributed by atoms with Gasteiger partial charge in [-0.15, -0.1) is 0 Å². The van der Waals surface area contributed by atoms with Crippen LogP contribution >= 0.6 is 11.8 Å². The van der Waals surface area contributed by atoms with E-state index in [0.29, 0.717) is 6.04 Å². The van der Waals surface area contributed by atoms with Gasteiger partial charge in [0.1, 0.15) is 0 Å². The van der Waals surface area contributed by atoms with Crippen LogP contribution in [0.25, 0.3) is 5.69 Å². The Balaban J connectivity index is 1.52. The molecule has 1 aliphatic carbocycles. The van der Waals surface area contributed by atoms with E-state index in [2.05, 4.69) is 34.9 Å². The SMILES string of the molecule is CSC1CCC(NCc2ccn(-c3ccccc3)n2)CC1. The average molecular weight is 301 g/mol. The summed E-state index contributed by atoms with van der Waals surface area (Å²) in [4.78, 5) is 0. The fraction of sp³-hybridized carbons (Fsp3) is 0.471. The van der Waals surface area contributed by atoms with Gasteiger partial charge in [-0.2, -0.15) is 16.9 Å². The summed E-state index contributed by atoms with van der Waals surface area (Å²) in [6.07, 6.45) is 9.55. The third kappa shape index (κ3) is 3.89. The number of nitrogens with one attached hydrogen (secondary N) is 1. The van der Waals surface area contributed by atoms with Gasteiger partial charge in [-0.3, -0.25) is 0 Å². The summed E-state index contributed by atoms with van der Waals surface area (Å²) in [7, 11) is 0. The second kappa shape index (κ2) is 7.14. The van der Waals surface area contributed by atoms with Crippen LogP contribution in [0.2, 0.25) is 0 Å². The summed E-state index contributed by atoms with van der Waals surface area (Å²) in [5.74, 6) is 0. The number of hydrogen-bond acceptors (Lipinski definition) is 3. The summed E-state index contributed by atoms with van der Waals surface area (Å²) in [6.45, 7) is 0.869. The molecule has 0 aliphatic heterocycles. The topological polar surface area (TPSA) is 29.9 Å². The van der Waals surface area contributed by atoms with Crippen LogP contribution in [0.1, 0.15) is 31.4 Å². The Hall–Kier alpha value is -1.26. The molecule has 3 nitrogen and oxygen atoms in total. The molecule has 1 saturated carbocycles. The summed E-state index contributed by atoms with van der Waals surface area (Å²) in [5, 5.41) is 9.18. The van der Waals surface area contributed by atoms with Gasteiger partial charge in [-0.25, -0.2) is 4.68 Å². The molecular weight excluding hydrogens is 278 g/mol. The molecule has 3 rings (SSSR count). The lowest BCUT2D eigenvalue weighted by atomic mass is 9.95. The van der Waals surface area contributed by atoms with Crippen molar-refractivity contribution < 1.29 is 0 Å². The van der Waals surface area contributed by atoms with Crippen LogP contribution in [0.4, 0.5) is 0 Å². The molecule has 1 aliphatic rings. The molecule has 0 spiro atoms. The maximum Gasteiger partial charge on any atom is 0.0766 e. The van der Waals surface area contributed by atoms with Crippen molar-refractivity contribution in [1.29, 1.82) is 0 Å². The van der Waals surface area contributed by atoms with E-state index < -0.39 is 0 Å². The smallest absolute Gasteiger partial charge is 0.0766 e. The van der Waals surface area contributed by atoms with Gasteiger partial charge in [0.2, 0.25) is 0 Å². The molecule has 0 bridgehead atoms. The molecule has 2 aromatic rings. The largest absolute Gasteiger partial charge is 0.308 e. The van der Waals surface area contributed by atoms with Gasteiger partial charge in [-0.1, -0.05) is 18.2 Å². The van der Waals surface area contributed by atoms with Gasteiger partial charge in [-0.05, 0) is 50.1 Å². The van der Waals surface area contributed by atoms with Crippen LogP contribution in [-0.2, 0) is 6.54 Å². The van der Waals surface area contributed by atoms with Crippen molar-refractivity contribution in [3.8, 4) is 5.69 Å². The van der Waals surface area contributed by atoms with E-state index in [0.717, 1.165) is 23.2 Å². The van der Waals surface area contributed by atoms with E-state index in [-0.39, 0.29) is 0 Å². The second-order valence-corrected chi connectivity index (χ2v) is 6.82. The van der Waals surface area contributed by atoms with Crippen molar-refractivity contribution in [1.82, 2.24) is 15.1 Å². The summed E-state index contributed by atoms with van der Waals surface area (Å²) in [6, 6.07) is 13.0. The third-order valence-electron chi connectivity index (χ3n) is 4.24. The Morgan fingerprint density at radius 2 is 1.90 bits per heavy atom. The highest BCUT2D eigenvalue weighted by Crippen LogP contribution is 2.26. The van der Waals surface area contributed by atoms with E-state index >= 15 is 0 Å². The van der Waals surface area contributed by atoms with Crippen molar-refractivity contribution in [3.05, 3.63) is 48.3 Å². The van der Waals surface area contributed by atoms with Crippen LogP contribution in [-0.4, -0.2) is 27.3 Å². The molecule has 4 heteroatoms. The molecule has 0 atom stereocenters. The van der Waals surface area contributed by atoms with Crippen molar-refractivity contribution in [2.75, 3.05) is 6.26 Å². The minimum atomic E-state index is 0.662. The Labute approximate surface area is 131 Å². The summed E-state index contributed by atoms with van der Waals surface area (Å²) >= 11 is 2.02. The monoisotopic (exact) mass is 301 g/mol. The van der Waals surface area contributed by atoms with E-state index in [1.54, 1.807) is 0 Å². The van der Waals surface area contributed by atoms with Crippen LogP contribution in [0.15, 0.2) is 42.6 Å². The zero-order valence-corrected chi connectivity index (χ0v) is 13.4. The minimum Gasteiger partial charge on any atom is -0.308 e. The Bertz CT molecular complexity index is 544. The predicted molar refractivity (Wildman–Crippen MR) is 90.0 cm³/mol. The third-order valence-corrected chi connectivity index (χ3v) is 5.38. The lowest BCUT2D eigenvalue weighted by Crippen LogP contribution is -2.33. The molecule has 0 radical (unpaired) electrons. The maximum atomic E-state index is 4.65. The standard InChI is InChI=1S/C17H23N3S/c1-21-17-9-7-14(8-10-17)18-13-15-11-12-20(19-15)16-5-3-2-4-6-16/h2-6,11-12,14,17-18H,7-10,13H2,1H3. The number of hydrogen-bond donors (Lipinski definition) is 1. The molecule has 0 unspecified atom stereocenters. The number of para-hydroxylation sites is 1. The Morgan fingerprint density at radius 1 is 1.14 bits per heavy atom. The van der Waals surface area contributed by atoms with Gasteiger partial charge < -0.3 is 5.32 Å². The van der Waals surface area contributed by atoms with Crippen LogP contribution in [0.5, 0.6) is 0 Å². The first-order valence-electron chi connectivity index (χ1n) is 7.71. The molecule has 1 heterocycles. The van der Waals surface area contributed by atoms with E-state index in [1.807, 2.05) is 40.8 Å². The van der Waals surface area contributed by atoms with Gasteiger partial charge >= 0.3 is 0 Å². The molecule has 1 aromatic heterocycles. The second-order valence-electron chi connectivity index (χ2n) is 5.68. The highest BCUT2D eigenvalue weighted by atomic mass is 32.2. The fourth-order valence-corrected chi connectivity index (χ4v) is 3.68. The number of rotatable bonds is 5. The molecular formula is C17H23N3S. The summed E-state index contributed by atoms with van der Waals surface area (Å²) < 4.78 is 1.95. The number of nitrogens with zero attached hydrogens (tertiary/aromatic N) is 2. The molecule has 21 heavy (non-hydrogen) atoms. The Morgan fingerprint density at radius 3 is 2.62 bits per heavy atom. The van der Waals surface area contributed by atoms with Gasteiger partial charge in [0.25, 0.3) is 0 Å². The molecule has 112 valence electrons. The lowest BCUT2D eigenvalue weighted by molar-refractivity contribution is 0.377. The first kappa shape index (κ1) is 14.7. The number of benzene rings is 1. The van der Waals surface area contributed by atoms with Gasteiger partial charge in [0.05, 0.1) is 11.4 Å². The normalized spacial score (nSPS) is 22.3. The zero-order chi connectivity index (χ0) is 14.5. The number of thioether (sulfide) groups is 1. The molecule has 1 aromatic carbocycles. The highest BCUT2D eigenvalue weighted by molar-refractivity contribution is 7.99. The Kier molecular flexibility index (Phi) is 4.99. The van der Waals surface area contributed by atoms with Crippen LogP contribution in [0.3, 0.4) is 0 Å². The van der Waals surface area contributed by atoms with Gasteiger partial charge in [0, 0.05) is 24.0 Å². The fourth-order valence-electron chi connectivity index (χ4n) is 2.93. The van der Waals surface area contributed by atoms with Crippen molar-refractivity contribution in [3.63, 3.8) is 0 Å². The molecule has 1 N–H and O–H groups in total. The lowest BCUT2D eigenvalue weighted by Gasteiger charge is -2.27. The van der Waals surface area contributed by atoms with Crippen molar-refractivity contribution >= 4 is 11.8 Å². The molecule has 0 amide bonds. The van der Waals surface area contributed by atoms with E-state index in [9.17, 15) is 0 Å². The average Bonchev–Trinajstić information content (AvgIpc) is 3.03. The molecule has 1 fully saturated rings. The summed E-state index contributed by atoms with van der Waals surface area (Å²) in [5.41, 5.74) is 2.23. The molecule has 0 saturated heterocycles. The number of aromatic nitrogens is 2. The zero-order valence-electron chi connectivity index (χ0n) is 12.5.